The summed E-state index contributed by atoms with van der Waals surface area (Å²) in [4.78, 5) is 13.7. The van der Waals surface area contributed by atoms with Crippen LogP contribution in [-0.2, 0) is 13.0 Å². The smallest absolute Gasteiger partial charge is 0.193 e. The molecule has 29 heavy (non-hydrogen) atoms. The Morgan fingerprint density at radius 2 is 1.90 bits per heavy atom. The fourth-order valence-electron chi connectivity index (χ4n) is 3.85. The molecule has 0 amide bonds. The summed E-state index contributed by atoms with van der Waals surface area (Å²) in [7, 11) is 2.11. The number of guanidine groups is 1. The molecule has 1 aromatic carbocycles. The van der Waals surface area contributed by atoms with E-state index in [1.807, 2.05) is 12.4 Å². The van der Waals surface area contributed by atoms with Gasteiger partial charge in [0.15, 0.2) is 5.96 Å². The zero-order chi connectivity index (χ0) is 20.5. The lowest BCUT2D eigenvalue weighted by molar-refractivity contribution is 0.477. The zero-order valence-electron chi connectivity index (χ0n) is 18.2. The molecule has 0 saturated carbocycles. The Balaban J connectivity index is 1.58. The Labute approximate surface area is 175 Å². The van der Waals surface area contributed by atoms with Crippen LogP contribution in [0.15, 0.2) is 47.7 Å². The molecule has 1 aliphatic heterocycles. The van der Waals surface area contributed by atoms with Gasteiger partial charge >= 0.3 is 0 Å². The van der Waals surface area contributed by atoms with Crippen LogP contribution >= 0.6 is 0 Å². The summed E-state index contributed by atoms with van der Waals surface area (Å²) in [6.45, 7) is 9.08. The molecule has 1 saturated heterocycles. The second kappa shape index (κ2) is 10.8. The number of benzene rings is 1. The van der Waals surface area contributed by atoms with E-state index in [1.54, 1.807) is 0 Å². The summed E-state index contributed by atoms with van der Waals surface area (Å²) in [5.41, 5.74) is 5.21. The predicted octanol–water partition coefficient (Wildman–Crippen LogP) is 4.02. The molecule has 5 heteroatoms. The molecule has 0 radical (unpaired) electrons. The molecule has 156 valence electrons. The number of anilines is 1. The second-order valence-corrected chi connectivity index (χ2v) is 7.86. The van der Waals surface area contributed by atoms with Crippen LogP contribution in [0.25, 0.3) is 0 Å². The fraction of sp³-hybridized carbons (Fsp3) is 0.500. The maximum absolute atomic E-state index is 4.84. The molecule has 0 unspecified atom stereocenters. The molecule has 1 fully saturated rings. The van der Waals surface area contributed by atoms with Gasteiger partial charge in [-0.15, -0.1) is 0 Å². The number of nitrogens with one attached hydrogen (secondary N) is 1. The summed E-state index contributed by atoms with van der Waals surface area (Å²) in [5, 5.41) is 3.42. The number of hydrogen-bond acceptors (Lipinski definition) is 3. The Bertz CT molecular complexity index is 778. The van der Waals surface area contributed by atoms with Crippen LogP contribution < -0.4 is 10.2 Å². The zero-order valence-corrected chi connectivity index (χ0v) is 18.2. The number of aromatic nitrogens is 1. The molecule has 1 aliphatic rings. The van der Waals surface area contributed by atoms with Gasteiger partial charge in [0.25, 0.3) is 0 Å². The maximum atomic E-state index is 4.84. The molecule has 3 rings (SSSR count). The molecule has 0 bridgehead atoms. The number of rotatable bonds is 7. The standard InChI is InChI=1S/C24H35N5/c1-4-26-24(27-15-13-22-12-14-25-18-20(22)2)28(3)19-21-8-10-23(11-9-21)29-16-6-5-7-17-29/h8-12,14,18H,4-7,13,15-17,19H2,1-3H3,(H,26,27). The average Bonchev–Trinajstić information content (AvgIpc) is 2.75. The van der Waals surface area contributed by atoms with E-state index in [2.05, 4.69) is 71.3 Å². The molecular formula is C24H35N5. The molecule has 2 heterocycles. The van der Waals surface area contributed by atoms with Crippen LogP contribution in [0.3, 0.4) is 0 Å². The van der Waals surface area contributed by atoms with E-state index in [0.29, 0.717) is 0 Å². The third kappa shape index (κ3) is 6.21. The largest absolute Gasteiger partial charge is 0.372 e. The van der Waals surface area contributed by atoms with Crippen molar-refractivity contribution in [3.05, 3.63) is 59.4 Å². The van der Waals surface area contributed by atoms with Gasteiger partial charge in [0, 0.05) is 57.9 Å². The van der Waals surface area contributed by atoms with Crippen LogP contribution in [0, 0.1) is 6.92 Å². The molecule has 0 aliphatic carbocycles. The van der Waals surface area contributed by atoms with Crippen molar-refractivity contribution in [1.29, 1.82) is 0 Å². The van der Waals surface area contributed by atoms with E-state index in [-0.39, 0.29) is 0 Å². The summed E-state index contributed by atoms with van der Waals surface area (Å²) < 4.78 is 0. The summed E-state index contributed by atoms with van der Waals surface area (Å²) in [5.74, 6) is 0.958. The molecule has 0 atom stereocenters. The second-order valence-electron chi connectivity index (χ2n) is 7.86. The van der Waals surface area contributed by atoms with E-state index < -0.39 is 0 Å². The van der Waals surface area contributed by atoms with Crippen molar-refractivity contribution in [3.8, 4) is 0 Å². The van der Waals surface area contributed by atoms with Gasteiger partial charge in [-0.1, -0.05) is 12.1 Å². The van der Waals surface area contributed by atoms with Crippen molar-refractivity contribution >= 4 is 11.6 Å². The highest BCUT2D eigenvalue weighted by Crippen LogP contribution is 2.20. The Hall–Kier alpha value is -2.56. The van der Waals surface area contributed by atoms with E-state index in [4.69, 9.17) is 4.99 Å². The summed E-state index contributed by atoms with van der Waals surface area (Å²) in [6, 6.07) is 11.1. The predicted molar refractivity (Wildman–Crippen MR) is 123 cm³/mol. The minimum atomic E-state index is 0.769. The summed E-state index contributed by atoms with van der Waals surface area (Å²) >= 11 is 0. The van der Waals surface area contributed by atoms with Gasteiger partial charge in [0.05, 0.1) is 0 Å². The summed E-state index contributed by atoms with van der Waals surface area (Å²) in [6.07, 6.45) is 8.70. The highest BCUT2D eigenvalue weighted by Gasteiger charge is 2.11. The molecule has 0 spiro atoms. The minimum Gasteiger partial charge on any atom is -0.372 e. The molecule has 2 aromatic rings. The highest BCUT2D eigenvalue weighted by molar-refractivity contribution is 5.79. The van der Waals surface area contributed by atoms with Gasteiger partial charge < -0.3 is 15.1 Å². The van der Waals surface area contributed by atoms with Crippen LogP contribution in [0.4, 0.5) is 5.69 Å². The minimum absolute atomic E-state index is 0.769. The number of pyridine rings is 1. The molecule has 5 nitrogen and oxygen atoms in total. The number of aryl methyl sites for hydroxylation is 1. The van der Waals surface area contributed by atoms with Crippen LogP contribution in [0.2, 0.25) is 0 Å². The third-order valence-corrected chi connectivity index (χ3v) is 5.55. The Morgan fingerprint density at radius 1 is 1.14 bits per heavy atom. The number of hydrogen-bond donors (Lipinski definition) is 1. The van der Waals surface area contributed by atoms with E-state index in [0.717, 1.165) is 32.0 Å². The van der Waals surface area contributed by atoms with Crippen molar-refractivity contribution in [2.24, 2.45) is 4.99 Å². The van der Waals surface area contributed by atoms with Crippen molar-refractivity contribution in [3.63, 3.8) is 0 Å². The first-order chi connectivity index (χ1) is 14.2. The van der Waals surface area contributed by atoms with E-state index >= 15 is 0 Å². The highest BCUT2D eigenvalue weighted by atomic mass is 15.3. The van der Waals surface area contributed by atoms with Crippen molar-refractivity contribution in [2.75, 3.05) is 38.1 Å². The average molecular weight is 394 g/mol. The SMILES string of the molecule is CCNC(=NCCc1ccncc1C)N(C)Cc1ccc(N2CCCCC2)cc1. The van der Waals surface area contributed by atoms with Crippen LogP contribution in [-0.4, -0.2) is 49.1 Å². The van der Waals surface area contributed by atoms with Crippen molar-refractivity contribution < 1.29 is 0 Å². The van der Waals surface area contributed by atoms with Gasteiger partial charge in [-0.25, -0.2) is 0 Å². The van der Waals surface area contributed by atoms with Crippen molar-refractivity contribution in [2.45, 2.75) is 46.1 Å². The lowest BCUT2D eigenvalue weighted by Crippen LogP contribution is -2.38. The van der Waals surface area contributed by atoms with Crippen molar-refractivity contribution in [1.82, 2.24) is 15.2 Å². The van der Waals surface area contributed by atoms with Gasteiger partial charge in [0.2, 0.25) is 0 Å². The topological polar surface area (TPSA) is 43.8 Å². The van der Waals surface area contributed by atoms with E-state index in [9.17, 15) is 0 Å². The maximum Gasteiger partial charge on any atom is 0.193 e. The first kappa shape index (κ1) is 21.2. The molecule has 1 N–H and O–H groups in total. The first-order valence-corrected chi connectivity index (χ1v) is 10.9. The van der Waals surface area contributed by atoms with Gasteiger partial charge in [-0.3, -0.25) is 9.98 Å². The number of aliphatic imine (C=N–C) groups is 1. The molecular weight excluding hydrogens is 358 g/mol. The van der Waals surface area contributed by atoms with Gasteiger partial charge in [-0.05, 0) is 74.4 Å². The van der Waals surface area contributed by atoms with Gasteiger partial charge in [-0.2, -0.15) is 0 Å². The number of nitrogens with zero attached hydrogens (tertiary/aromatic N) is 4. The number of piperidine rings is 1. The Morgan fingerprint density at radius 3 is 2.59 bits per heavy atom. The monoisotopic (exact) mass is 393 g/mol. The lowest BCUT2D eigenvalue weighted by atomic mass is 10.1. The third-order valence-electron chi connectivity index (χ3n) is 5.55. The lowest BCUT2D eigenvalue weighted by Gasteiger charge is -2.29. The molecule has 1 aromatic heterocycles. The van der Waals surface area contributed by atoms with Gasteiger partial charge in [0.1, 0.15) is 0 Å². The first-order valence-electron chi connectivity index (χ1n) is 10.9. The van der Waals surface area contributed by atoms with Crippen LogP contribution in [0.5, 0.6) is 0 Å². The fourth-order valence-corrected chi connectivity index (χ4v) is 3.85. The Kier molecular flexibility index (Phi) is 7.91. The van der Waals surface area contributed by atoms with E-state index in [1.165, 1.54) is 54.7 Å². The quantitative estimate of drug-likeness (QED) is 0.570. The normalized spacial score (nSPS) is 14.7. The van der Waals surface area contributed by atoms with Crippen LogP contribution in [0.1, 0.15) is 42.9 Å².